The van der Waals surface area contributed by atoms with Crippen LogP contribution in [0.25, 0.3) is 0 Å². The highest BCUT2D eigenvalue weighted by Crippen LogP contribution is 2.65. The zero-order chi connectivity index (χ0) is 36.4. The number of piperidine rings is 1. The molecule has 0 aromatic carbocycles. The van der Waals surface area contributed by atoms with Crippen molar-refractivity contribution in [3.63, 3.8) is 0 Å². The molecule has 1 aliphatic heterocycles. The van der Waals surface area contributed by atoms with Gasteiger partial charge in [-0.3, -0.25) is 19.2 Å². The molecule has 12 nitrogen and oxygen atoms in total. The number of carbonyl (C=O) groups is 5. The number of carbonyl (C=O) groups excluding carboxylic acids is 5. The van der Waals surface area contributed by atoms with Crippen LogP contribution in [0.4, 0.5) is 13.6 Å². The Hall–Kier alpha value is -2.84. The van der Waals surface area contributed by atoms with E-state index in [0.717, 1.165) is 12.8 Å². The Balaban J connectivity index is 1.57. The highest BCUT2D eigenvalue weighted by molar-refractivity contribution is 7.92. The standard InChI is InChI=1S/C33H53F2N5O7S/c1-29(2,3)24(38-28(45)39-32(11-13-33(34,35)14-12-32)17-48(46,47)30(4,5)6)27(44)40-16-19-21(31(19,7)8)22(40)26(43)37-20(15-18-9-10-18)23(41)25(36)42/h18-22,24H,9-17H2,1-8H3,(H2,36,42)(H,37,43)(H2,38,39,45)/t19-,20?,21?,22-,24?/m0/s1. The molecule has 5 atom stereocenters. The van der Waals surface area contributed by atoms with Gasteiger partial charge < -0.3 is 26.6 Å². The van der Waals surface area contributed by atoms with Crippen molar-refractivity contribution in [3.05, 3.63) is 0 Å². The van der Waals surface area contributed by atoms with Crippen LogP contribution in [0.3, 0.4) is 0 Å². The van der Waals surface area contributed by atoms with Crippen LogP contribution in [0.5, 0.6) is 0 Å². The lowest BCUT2D eigenvalue weighted by Gasteiger charge is -2.43. The summed E-state index contributed by atoms with van der Waals surface area (Å²) in [6.07, 6.45) is 0.283. The Morgan fingerprint density at radius 1 is 0.938 bits per heavy atom. The molecule has 3 saturated carbocycles. The number of fused-ring (bicyclic) bond motifs is 1. The lowest BCUT2D eigenvalue weighted by Crippen LogP contribution is -2.64. The number of halogens is 2. The molecule has 5 N–H and O–H groups in total. The molecule has 3 unspecified atom stereocenters. The quantitative estimate of drug-likeness (QED) is 0.239. The summed E-state index contributed by atoms with van der Waals surface area (Å²) >= 11 is 0. The van der Waals surface area contributed by atoms with Crippen molar-refractivity contribution < 1.29 is 41.2 Å². The van der Waals surface area contributed by atoms with Crippen molar-refractivity contribution in [2.45, 2.75) is 135 Å². The lowest BCUT2D eigenvalue weighted by molar-refractivity contribution is -0.145. The number of primary amides is 1. The third-order valence-electron chi connectivity index (χ3n) is 11.0. The molecule has 1 heterocycles. The Morgan fingerprint density at radius 3 is 1.98 bits per heavy atom. The maximum Gasteiger partial charge on any atom is 0.315 e. The number of sulfone groups is 1. The van der Waals surface area contributed by atoms with Gasteiger partial charge in [-0.1, -0.05) is 47.5 Å². The fourth-order valence-electron chi connectivity index (χ4n) is 7.36. The normalized spacial score (nSPS) is 27.2. The Bertz CT molecular complexity index is 1440. The van der Waals surface area contributed by atoms with Gasteiger partial charge in [0.1, 0.15) is 12.1 Å². The van der Waals surface area contributed by atoms with Crippen LogP contribution in [-0.4, -0.2) is 89.5 Å². The first-order valence-corrected chi connectivity index (χ1v) is 18.5. The summed E-state index contributed by atoms with van der Waals surface area (Å²) in [4.78, 5) is 67.6. The number of Topliss-reactive ketones (excluding diaryl/α,β-unsaturated/α-hetero) is 1. The fraction of sp³-hybridized carbons (Fsp3) is 0.848. The third-order valence-corrected chi connectivity index (χ3v) is 13.8. The van der Waals surface area contributed by atoms with Crippen LogP contribution in [0, 0.1) is 28.6 Å². The van der Waals surface area contributed by atoms with Crippen molar-refractivity contribution in [2.24, 2.45) is 34.3 Å². The number of nitrogens with one attached hydrogen (secondary N) is 3. The average Bonchev–Trinajstić information content (AvgIpc) is 3.78. The summed E-state index contributed by atoms with van der Waals surface area (Å²) in [6.45, 7) is 13.9. The number of ketones is 1. The number of amides is 5. The molecule has 4 fully saturated rings. The molecule has 5 amide bonds. The van der Waals surface area contributed by atoms with Crippen molar-refractivity contribution in [3.8, 4) is 0 Å². The minimum atomic E-state index is -3.84. The van der Waals surface area contributed by atoms with E-state index in [2.05, 4.69) is 16.0 Å². The molecule has 1 saturated heterocycles. The van der Waals surface area contributed by atoms with Gasteiger partial charge in [-0.2, -0.15) is 0 Å². The van der Waals surface area contributed by atoms with Crippen LogP contribution < -0.4 is 21.7 Å². The first-order valence-electron chi connectivity index (χ1n) is 16.8. The number of likely N-dealkylation sites (tertiary alicyclic amines) is 1. The van der Waals surface area contributed by atoms with Gasteiger partial charge >= 0.3 is 6.03 Å². The van der Waals surface area contributed by atoms with E-state index in [0.29, 0.717) is 0 Å². The minimum absolute atomic E-state index is 0.0184. The van der Waals surface area contributed by atoms with Crippen molar-refractivity contribution in [1.29, 1.82) is 0 Å². The maximum atomic E-state index is 14.3. The summed E-state index contributed by atoms with van der Waals surface area (Å²) in [5.74, 6) is -6.76. The SMILES string of the molecule is CC(C)(C)C(NC(=O)NC1(CS(=O)(=O)C(C)(C)C)CCC(F)(F)CC1)C(=O)N1C[C@H]2C([C@H]1C(=O)NC(CC1CC1)C(=O)C(N)=O)C2(C)C. The molecule has 0 bridgehead atoms. The fourth-order valence-corrected chi connectivity index (χ4v) is 8.88. The minimum Gasteiger partial charge on any atom is -0.363 e. The van der Waals surface area contributed by atoms with Gasteiger partial charge in [0.2, 0.25) is 23.5 Å². The molecular formula is C33H53F2N5O7S. The van der Waals surface area contributed by atoms with Crippen molar-refractivity contribution in [1.82, 2.24) is 20.9 Å². The number of alkyl halides is 2. The van der Waals surface area contributed by atoms with Gasteiger partial charge in [0.15, 0.2) is 9.84 Å². The van der Waals surface area contributed by atoms with Gasteiger partial charge in [0.05, 0.1) is 22.1 Å². The number of hydrogen-bond acceptors (Lipinski definition) is 7. The van der Waals surface area contributed by atoms with Crippen LogP contribution in [-0.2, 0) is 29.0 Å². The monoisotopic (exact) mass is 701 g/mol. The molecule has 4 rings (SSSR count). The molecule has 15 heteroatoms. The Labute approximate surface area is 282 Å². The zero-order valence-corrected chi connectivity index (χ0v) is 30.2. The van der Waals surface area contributed by atoms with E-state index in [9.17, 15) is 41.2 Å². The molecule has 0 aromatic heterocycles. The van der Waals surface area contributed by atoms with E-state index >= 15 is 0 Å². The van der Waals surface area contributed by atoms with Crippen LogP contribution in [0.1, 0.15) is 100 Å². The van der Waals surface area contributed by atoms with Gasteiger partial charge in [0.25, 0.3) is 5.91 Å². The largest absolute Gasteiger partial charge is 0.363 e. The maximum absolute atomic E-state index is 14.3. The summed E-state index contributed by atoms with van der Waals surface area (Å²) in [5, 5.41) is 8.10. The number of nitrogens with zero attached hydrogens (tertiary/aromatic N) is 1. The third kappa shape index (κ3) is 7.96. The van der Waals surface area contributed by atoms with Crippen LogP contribution in [0.15, 0.2) is 0 Å². The summed E-state index contributed by atoms with van der Waals surface area (Å²) < 4.78 is 53.7. The molecular weight excluding hydrogens is 648 g/mol. The van der Waals surface area contributed by atoms with E-state index in [1.54, 1.807) is 20.8 Å². The first kappa shape index (κ1) is 38.0. The highest BCUT2D eigenvalue weighted by atomic mass is 32.2. The smallest absolute Gasteiger partial charge is 0.315 e. The molecule has 272 valence electrons. The zero-order valence-electron chi connectivity index (χ0n) is 29.4. The van der Waals surface area contributed by atoms with E-state index in [1.165, 1.54) is 25.7 Å². The van der Waals surface area contributed by atoms with Gasteiger partial charge in [-0.05, 0) is 68.6 Å². The summed E-state index contributed by atoms with van der Waals surface area (Å²) in [7, 11) is -3.84. The number of rotatable bonds is 11. The number of hydrogen-bond donors (Lipinski definition) is 4. The second-order valence-corrected chi connectivity index (χ2v) is 20.0. The summed E-state index contributed by atoms with van der Waals surface area (Å²) in [6, 6.07) is -4.14. The van der Waals surface area contributed by atoms with E-state index in [1.807, 2.05) is 13.8 Å². The van der Waals surface area contributed by atoms with Gasteiger partial charge in [0, 0.05) is 19.4 Å². The first-order chi connectivity index (χ1) is 21.7. The van der Waals surface area contributed by atoms with Crippen LogP contribution in [0.2, 0.25) is 0 Å². The Kier molecular flexibility index (Phi) is 9.88. The molecule has 4 aliphatic rings. The molecule has 48 heavy (non-hydrogen) atoms. The molecule has 3 aliphatic carbocycles. The van der Waals surface area contributed by atoms with Gasteiger partial charge in [-0.15, -0.1) is 0 Å². The second-order valence-electron chi connectivity index (χ2n) is 17.3. The van der Waals surface area contributed by atoms with Gasteiger partial charge in [-0.25, -0.2) is 22.0 Å². The topological polar surface area (TPSA) is 185 Å². The predicted molar refractivity (Wildman–Crippen MR) is 174 cm³/mol. The molecule has 0 spiro atoms. The predicted octanol–water partition coefficient (Wildman–Crippen LogP) is 2.68. The van der Waals surface area contributed by atoms with Crippen molar-refractivity contribution >= 4 is 39.4 Å². The van der Waals surface area contributed by atoms with Crippen molar-refractivity contribution in [2.75, 3.05) is 12.3 Å². The number of nitrogens with two attached hydrogens (primary N) is 1. The second kappa shape index (κ2) is 12.5. The Morgan fingerprint density at radius 2 is 1.50 bits per heavy atom. The van der Waals surface area contributed by atoms with Crippen LogP contribution >= 0.6 is 0 Å². The number of urea groups is 1. The molecule has 0 radical (unpaired) electrons. The van der Waals surface area contributed by atoms with E-state index in [4.69, 9.17) is 5.73 Å². The highest BCUT2D eigenvalue weighted by Gasteiger charge is 2.70. The lowest BCUT2D eigenvalue weighted by atomic mass is 9.81. The summed E-state index contributed by atoms with van der Waals surface area (Å²) in [5.41, 5.74) is 2.64. The van der Waals surface area contributed by atoms with E-state index in [-0.39, 0.29) is 49.0 Å². The molecule has 0 aromatic rings. The van der Waals surface area contributed by atoms with E-state index < -0.39 is 97.7 Å². The average molecular weight is 702 g/mol.